The van der Waals surface area contributed by atoms with Crippen molar-refractivity contribution in [3.05, 3.63) is 64.0 Å². The second-order valence-electron chi connectivity index (χ2n) is 6.28. The first-order valence-corrected chi connectivity index (χ1v) is 10.7. The molecule has 0 spiro atoms. The Balaban J connectivity index is 1.47. The topological polar surface area (TPSA) is 79.3 Å². The molecule has 0 unspecified atom stereocenters. The van der Waals surface area contributed by atoms with Gasteiger partial charge in [-0.2, -0.15) is 0 Å². The highest BCUT2D eigenvalue weighted by Crippen LogP contribution is 2.26. The Kier molecular flexibility index (Phi) is 4.52. The van der Waals surface area contributed by atoms with Gasteiger partial charge in [0.15, 0.2) is 0 Å². The van der Waals surface area contributed by atoms with E-state index in [1.165, 1.54) is 16.9 Å². The van der Waals surface area contributed by atoms with E-state index < -0.39 is 10.0 Å². The molecule has 26 heavy (non-hydrogen) atoms. The minimum absolute atomic E-state index is 0.155. The molecule has 1 aromatic heterocycles. The summed E-state index contributed by atoms with van der Waals surface area (Å²) in [4.78, 5) is 4.79. The number of aromatic hydroxyl groups is 1. The fourth-order valence-corrected chi connectivity index (χ4v) is 4.98. The van der Waals surface area contributed by atoms with Crippen LogP contribution < -0.4 is 4.72 Å². The smallest absolute Gasteiger partial charge is 0.240 e. The van der Waals surface area contributed by atoms with E-state index in [4.69, 9.17) is 0 Å². The van der Waals surface area contributed by atoms with Gasteiger partial charge in [-0.05, 0) is 66.8 Å². The normalized spacial score (nSPS) is 13.7. The molecule has 0 saturated heterocycles. The lowest BCUT2D eigenvalue weighted by atomic mass is 10.1. The lowest BCUT2D eigenvalue weighted by Gasteiger charge is -2.07. The highest BCUT2D eigenvalue weighted by Gasteiger charge is 2.18. The van der Waals surface area contributed by atoms with E-state index in [9.17, 15) is 13.5 Å². The first kappa shape index (κ1) is 17.2. The molecule has 1 aliphatic carbocycles. The second kappa shape index (κ2) is 6.83. The molecule has 7 heteroatoms. The minimum Gasteiger partial charge on any atom is -0.508 e. The number of thiazole rings is 1. The molecule has 0 bridgehead atoms. The highest BCUT2D eigenvalue weighted by atomic mass is 32.2. The number of sulfonamides is 1. The van der Waals surface area contributed by atoms with Gasteiger partial charge in [0.25, 0.3) is 0 Å². The maximum Gasteiger partial charge on any atom is 0.240 e. The SMILES string of the molecule is O=S(=O)(NCc1nc(-c2ccc(O)cc2)cs1)c1ccc2c(c1)CCC2. The van der Waals surface area contributed by atoms with Crippen molar-refractivity contribution in [3.8, 4) is 17.0 Å². The van der Waals surface area contributed by atoms with Gasteiger partial charge in [0, 0.05) is 10.9 Å². The van der Waals surface area contributed by atoms with Gasteiger partial charge >= 0.3 is 0 Å². The number of fused-ring (bicyclic) bond motifs is 1. The molecule has 0 radical (unpaired) electrons. The van der Waals surface area contributed by atoms with E-state index in [1.807, 2.05) is 11.4 Å². The van der Waals surface area contributed by atoms with E-state index in [-0.39, 0.29) is 12.3 Å². The minimum atomic E-state index is -3.56. The van der Waals surface area contributed by atoms with Crippen LogP contribution >= 0.6 is 11.3 Å². The van der Waals surface area contributed by atoms with Crippen LogP contribution in [-0.4, -0.2) is 18.5 Å². The van der Waals surface area contributed by atoms with Crippen molar-refractivity contribution in [2.24, 2.45) is 0 Å². The Morgan fingerprint density at radius 3 is 2.65 bits per heavy atom. The van der Waals surface area contributed by atoms with E-state index in [1.54, 1.807) is 36.4 Å². The van der Waals surface area contributed by atoms with Crippen LogP contribution in [0.1, 0.15) is 22.6 Å². The molecule has 3 aromatic rings. The van der Waals surface area contributed by atoms with Gasteiger partial charge < -0.3 is 5.11 Å². The van der Waals surface area contributed by atoms with Crippen LogP contribution in [0.3, 0.4) is 0 Å². The lowest BCUT2D eigenvalue weighted by molar-refractivity contribution is 0.475. The van der Waals surface area contributed by atoms with Crippen LogP contribution in [0, 0.1) is 0 Å². The van der Waals surface area contributed by atoms with Crippen molar-refractivity contribution >= 4 is 21.4 Å². The number of benzene rings is 2. The largest absolute Gasteiger partial charge is 0.508 e. The molecule has 4 rings (SSSR count). The predicted molar refractivity (Wildman–Crippen MR) is 102 cm³/mol. The van der Waals surface area contributed by atoms with Crippen molar-refractivity contribution in [3.63, 3.8) is 0 Å². The number of hydrogen-bond acceptors (Lipinski definition) is 5. The third-order valence-corrected chi connectivity index (χ3v) is 6.76. The van der Waals surface area contributed by atoms with Crippen LogP contribution in [0.15, 0.2) is 52.7 Å². The van der Waals surface area contributed by atoms with Crippen molar-refractivity contribution in [2.75, 3.05) is 0 Å². The Morgan fingerprint density at radius 2 is 1.85 bits per heavy atom. The molecular weight excluding hydrogens is 368 g/mol. The first-order valence-electron chi connectivity index (χ1n) is 8.36. The molecular formula is C19H18N2O3S2. The van der Waals surface area contributed by atoms with Gasteiger partial charge in [0.1, 0.15) is 10.8 Å². The average Bonchev–Trinajstić information content (AvgIpc) is 3.29. The molecule has 1 heterocycles. The molecule has 0 atom stereocenters. The molecule has 5 nitrogen and oxygen atoms in total. The van der Waals surface area contributed by atoms with Crippen LogP contribution in [0.5, 0.6) is 5.75 Å². The summed E-state index contributed by atoms with van der Waals surface area (Å²) in [6, 6.07) is 12.1. The summed E-state index contributed by atoms with van der Waals surface area (Å²) >= 11 is 1.40. The zero-order valence-corrected chi connectivity index (χ0v) is 15.6. The van der Waals surface area contributed by atoms with Crippen molar-refractivity contribution in [1.29, 1.82) is 0 Å². The zero-order valence-electron chi connectivity index (χ0n) is 14.0. The number of nitrogens with zero attached hydrogens (tertiary/aromatic N) is 1. The summed E-state index contributed by atoms with van der Waals surface area (Å²) in [5, 5.41) is 11.9. The molecule has 2 N–H and O–H groups in total. The van der Waals surface area contributed by atoms with Crippen LogP contribution in [-0.2, 0) is 29.4 Å². The fraction of sp³-hybridized carbons (Fsp3) is 0.211. The van der Waals surface area contributed by atoms with Crippen LogP contribution in [0.25, 0.3) is 11.3 Å². The Labute approximate surface area is 156 Å². The van der Waals surface area contributed by atoms with Crippen molar-refractivity contribution in [1.82, 2.24) is 9.71 Å². The molecule has 134 valence electrons. The maximum atomic E-state index is 12.6. The molecule has 0 amide bonds. The van der Waals surface area contributed by atoms with Crippen LogP contribution in [0.2, 0.25) is 0 Å². The molecule has 0 fully saturated rings. The second-order valence-corrected chi connectivity index (χ2v) is 8.99. The number of phenols is 1. The van der Waals surface area contributed by atoms with E-state index in [2.05, 4.69) is 9.71 Å². The standard InChI is InChI=1S/C19H18N2O3S2/c22-16-7-4-14(5-8-16)18-12-25-19(21-18)11-20-26(23,24)17-9-6-13-2-1-3-15(13)10-17/h4-10,12,20,22H,1-3,11H2. The van der Waals surface area contributed by atoms with Crippen molar-refractivity contribution < 1.29 is 13.5 Å². The van der Waals surface area contributed by atoms with E-state index >= 15 is 0 Å². The summed E-state index contributed by atoms with van der Waals surface area (Å²) in [6.07, 6.45) is 3.06. The van der Waals surface area contributed by atoms with Crippen molar-refractivity contribution in [2.45, 2.75) is 30.7 Å². The number of hydrogen-bond donors (Lipinski definition) is 2. The number of rotatable bonds is 5. The molecule has 1 aliphatic rings. The lowest BCUT2D eigenvalue weighted by Crippen LogP contribution is -2.23. The Hall–Kier alpha value is -2.22. The summed E-state index contributed by atoms with van der Waals surface area (Å²) in [5.41, 5.74) is 4.03. The molecule has 0 aliphatic heterocycles. The number of phenolic OH excluding ortho intramolecular Hbond substituents is 1. The Bertz CT molecular complexity index is 1040. The molecule has 0 saturated carbocycles. The predicted octanol–water partition coefficient (Wildman–Crippen LogP) is 3.48. The van der Waals surface area contributed by atoms with Gasteiger partial charge in [-0.15, -0.1) is 11.3 Å². The summed E-state index contributed by atoms with van der Waals surface area (Å²) in [6.45, 7) is 0.155. The average molecular weight is 386 g/mol. The van der Waals surface area contributed by atoms with Gasteiger partial charge in [-0.3, -0.25) is 0 Å². The van der Waals surface area contributed by atoms with Gasteiger partial charge in [0.05, 0.1) is 17.1 Å². The van der Waals surface area contributed by atoms with Gasteiger partial charge in [0.2, 0.25) is 10.0 Å². The first-order chi connectivity index (χ1) is 12.5. The van der Waals surface area contributed by atoms with Gasteiger partial charge in [-0.1, -0.05) is 6.07 Å². The number of nitrogens with one attached hydrogen (secondary N) is 1. The van der Waals surface area contributed by atoms with Crippen LogP contribution in [0.4, 0.5) is 0 Å². The van der Waals surface area contributed by atoms with E-state index in [0.717, 1.165) is 36.1 Å². The third-order valence-electron chi connectivity index (χ3n) is 4.51. The summed E-state index contributed by atoms with van der Waals surface area (Å²) in [7, 11) is -3.56. The number of aromatic nitrogens is 1. The zero-order chi connectivity index (χ0) is 18.1. The van der Waals surface area contributed by atoms with E-state index in [0.29, 0.717) is 9.90 Å². The van der Waals surface area contributed by atoms with Gasteiger partial charge in [-0.25, -0.2) is 18.1 Å². The number of aryl methyl sites for hydroxylation is 2. The quantitative estimate of drug-likeness (QED) is 0.704. The maximum absolute atomic E-state index is 12.6. The third kappa shape index (κ3) is 3.51. The Morgan fingerprint density at radius 1 is 1.08 bits per heavy atom. The summed E-state index contributed by atoms with van der Waals surface area (Å²) < 4.78 is 27.8. The highest BCUT2D eigenvalue weighted by molar-refractivity contribution is 7.89. The molecule has 2 aromatic carbocycles. The monoisotopic (exact) mass is 386 g/mol. The fourth-order valence-electron chi connectivity index (χ4n) is 3.11. The summed E-state index contributed by atoms with van der Waals surface area (Å²) in [5.74, 6) is 0.200.